The van der Waals surface area contributed by atoms with Gasteiger partial charge in [0.15, 0.2) is 47.4 Å². The molecule has 2 unspecified atom stereocenters. The average molecular weight is 1070 g/mol. The molecule has 24 nitrogen and oxygen atoms in total. The van der Waals surface area contributed by atoms with Gasteiger partial charge in [-0.05, 0) is 37.0 Å². The first kappa shape index (κ1) is 53.1. The summed E-state index contributed by atoms with van der Waals surface area (Å²) in [6, 6.07) is 4.48. The van der Waals surface area contributed by atoms with Crippen LogP contribution in [-0.2, 0) is 52.3 Å². The highest BCUT2D eigenvalue weighted by Gasteiger charge is 2.59. The molecule has 3 saturated heterocycles. The number of carbonyl (C=O) groups excluding carboxylic acids is 3. The van der Waals surface area contributed by atoms with Crippen molar-refractivity contribution in [3.05, 3.63) is 65.5 Å². The highest BCUT2D eigenvalue weighted by Crippen LogP contribution is 2.70. The number of phosphoric acid groups is 1. The molecule has 390 valence electrons. The van der Waals surface area contributed by atoms with Gasteiger partial charge in [0.1, 0.15) is 41.8 Å². The minimum atomic E-state index is -5.23. The molecule has 1 aromatic carbocycles. The second kappa shape index (κ2) is 22.5. The monoisotopic (exact) mass is 1060 g/mol. The fourth-order valence-electron chi connectivity index (χ4n) is 8.60. The molecule has 0 saturated carbocycles. The number of unbranched alkanes of at least 4 members (excludes halogenated alkanes) is 4. The Balaban J connectivity index is 0.994. The van der Waals surface area contributed by atoms with E-state index in [1.807, 2.05) is 0 Å². The number of amides is 3. The highest BCUT2D eigenvalue weighted by molar-refractivity contribution is 8.56. The number of carbonyl (C=O) groups is 3. The molecular formula is C43H56F2N12O12P2S. The molecule has 4 aromatic heterocycles. The predicted molar refractivity (Wildman–Crippen MR) is 258 cm³/mol. The van der Waals surface area contributed by atoms with Crippen LogP contribution < -0.4 is 27.2 Å². The molecule has 3 aliphatic rings. The number of nitrogens with zero attached hydrogens (tertiary/aromatic N) is 7. The van der Waals surface area contributed by atoms with Crippen LogP contribution in [0.4, 0.5) is 20.3 Å². The Morgan fingerprint density at radius 1 is 0.875 bits per heavy atom. The number of imidazole rings is 2. The lowest BCUT2D eigenvalue weighted by Crippen LogP contribution is -2.53. The third-order valence-electron chi connectivity index (χ3n) is 12.5. The van der Waals surface area contributed by atoms with E-state index >= 15 is 13.3 Å². The van der Waals surface area contributed by atoms with E-state index in [9.17, 15) is 28.6 Å². The van der Waals surface area contributed by atoms with Crippen LogP contribution in [0.5, 0.6) is 0 Å². The first-order valence-electron chi connectivity index (χ1n) is 23.3. The summed E-state index contributed by atoms with van der Waals surface area (Å²) in [7, 11) is -5.23. The van der Waals surface area contributed by atoms with Gasteiger partial charge in [0, 0.05) is 17.9 Å². The standard InChI is InChI=1S/C43H56F2N12O12P2S/c1-5-6-7-8-9-10-28(58)55-31(22(2)3)41(61)53-23(4)39(59)54-25-13-11-24(12-14-25)17-72-70(62)35-27(68-43(30(35)45)57-21-52-33-38(57)49-19-50-40(33)60)16-66-71(63,64)69-34-26(15-65-70)67-42(29(34)44)56-20-51-32-36(46)47-18-48-37(32)56/h11-14,18-23,26-27,29-31,34-35,42-43H,5-10,15-17H2,1-4H3,(H,53,61)(H,54,59)(H,55,58)(H,63,64)(H2,46,47,48)(H,49,50,60)/t23-,26+,27+,29+,30+,31-,34+,35+,42+,43+,70?/m0/s1. The minimum Gasteiger partial charge on any atom is -0.382 e. The Morgan fingerprint density at radius 2 is 1.54 bits per heavy atom. The van der Waals surface area contributed by atoms with Crippen LogP contribution in [0.1, 0.15) is 84.2 Å². The molecule has 3 fully saturated rings. The first-order chi connectivity index (χ1) is 34.4. The van der Waals surface area contributed by atoms with Crippen molar-refractivity contribution < 1.29 is 60.2 Å². The van der Waals surface area contributed by atoms with Crippen molar-refractivity contribution in [2.75, 3.05) is 24.3 Å². The number of fused-ring (bicyclic) bond motifs is 4. The van der Waals surface area contributed by atoms with E-state index < -0.39 is 106 Å². The summed E-state index contributed by atoms with van der Waals surface area (Å²) in [4.78, 5) is 85.4. The van der Waals surface area contributed by atoms with Crippen LogP contribution in [0.25, 0.3) is 22.3 Å². The maximum Gasteiger partial charge on any atom is 0.472 e. The van der Waals surface area contributed by atoms with Gasteiger partial charge >= 0.3 is 7.82 Å². The fraction of sp³-hybridized carbons (Fsp3) is 0.558. The summed E-state index contributed by atoms with van der Waals surface area (Å²) < 4.78 is 94.2. The average Bonchev–Trinajstić information content (AvgIpc) is 4.13. The number of rotatable bonds is 17. The number of hydrogen-bond donors (Lipinski definition) is 6. The lowest BCUT2D eigenvalue weighted by atomic mass is 10.0. The maximum atomic E-state index is 17.3. The summed E-state index contributed by atoms with van der Waals surface area (Å²) >= 11 is 0.698. The number of nitrogen functional groups attached to an aromatic ring is 1. The number of alkyl halides is 2. The number of aromatic nitrogens is 8. The largest absolute Gasteiger partial charge is 0.472 e. The topological polar surface area (TPSA) is 321 Å². The molecule has 0 spiro atoms. The van der Waals surface area contributed by atoms with E-state index in [4.69, 9.17) is 28.8 Å². The van der Waals surface area contributed by atoms with Crippen LogP contribution in [0, 0.1) is 5.92 Å². The summed E-state index contributed by atoms with van der Waals surface area (Å²) in [5.41, 5.74) is 4.38. The first-order valence-corrected chi connectivity index (χ1v) is 28.1. The number of nitrogens with one attached hydrogen (secondary N) is 4. The molecule has 29 heteroatoms. The van der Waals surface area contributed by atoms with Crippen molar-refractivity contribution in [2.24, 2.45) is 5.92 Å². The molecule has 0 bridgehead atoms. The fourth-order valence-corrected chi connectivity index (χ4v) is 14.6. The Kier molecular flexibility index (Phi) is 16.6. The number of phosphoric ester groups is 1. The third-order valence-corrected chi connectivity index (χ3v) is 18.6. The van der Waals surface area contributed by atoms with Crippen LogP contribution in [0.3, 0.4) is 0 Å². The SMILES string of the molecule is CCCCCCCC(=O)N[C@H](C(=O)N[C@@H](C)C(=O)Nc1ccc(CSP2(=O)OC[C@H]3O[C@@H](n4cnc5c(N)ncnc54)[C@H](F)[C@@H]3OP(=O)(O)OC[C@H]3O[C@@H](n4cnc5c(=O)[nH]cnc54)[C@H](F)[C@@H]32)cc1)C(C)C. The van der Waals surface area contributed by atoms with Crippen molar-refractivity contribution in [3.8, 4) is 0 Å². The van der Waals surface area contributed by atoms with Crippen LogP contribution in [0.15, 0.2) is 54.4 Å². The summed E-state index contributed by atoms with van der Waals surface area (Å²) in [6.45, 7) is 1.02. The number of halogens is 2. The van der Waals surface area contributed by atoms with Gasteiger partial charge in [0.2, 0.25) is 17.7 Å². The van der Waals surface area contributed by atoms with Gasteiger partial charge in [-0.3, -0.25) is 41.9 Å². The van der Waals surface area contributed by atoms with Gasteiger partial charge in [-0.1, -0.05) is 70.0 Å². The van der Waals surface area contributed by atoms with Crippen molar-refractivity contribution in [2.45, 2.75) is 133 Å². The second-order valence-electron chi connectivity index (χ2n) is 18.0. The number of aromatic amines is 1. The number of hydrogen-bond acceptors (Lipinski definition) is 18. The molecule has 7 N–H and O–H groups in total. The van der Waals surface area contributed by atoms with Crippen molar-refractivity contribution >= 4 is 77.3 Å². The Hall–Kier alpha value is -5.24. The molecule has 8 rings (SSSR count). The van der Waals surface area contributed by atoms with Gasteiger partial charge in [-0.25, -0.2) is 38.3 Å². The maximum absolute atomic E-state index is 17.3. The zero-order valence-electron chi connectivity index (χ0n) is 39.5. The normalized spacial score (nSPS) is 28.5. The van der Waals surface area contributed by atoms with E-state index in [0.717, 1.165) is 49.2 Å². The summed E-state index contributed by atoms with van der Waals surface area (Å²) in [5.74, 6) is -1.66. The Labute approximate surface area is 414 Å². The second-order valence-corrected chi connectivity index (χ2v) is 24.2. The van der Waals surface area contributed by atoms with E-state index in [2.05, 4.69) is 52.8 Å². The van der Waals surface area contributed by atoms with Gasteiger partial charge in [0.05, 0.1) is 38.3 Å². The number of H-pyrrole nitrogens is 1. The van der Waals surface area contributed by atoms with Gasteiger partial charge in [-0.15, -0.1) is 0 Å². The van der Waals surface area contributed by atoms with Gasteiger partial charge in [-0.2, -0.15) is 0 Å². The molecular weight excluding hydrogens is 1010 g/mol. The number of ether oxygens (including phenoxy) is 2. The van der Waals surface area contributed by atoms with E-state index in [0.29, 0.717) is 35.5 Å². The third kappa shape index (κ3) is 11.6. The molecule has 7 heterocycles. The van der Waals surface area contributed by atoms with Crippen molar-refractivity contribution in [3.63, 3.8) is 0 Å². The van der Waals surface area contributed by atoms with Crippen LogP contribution in [0.2, 0.25) is 0 Å². The van der Waals surface area contributed by atoms with Gasteiger partial charge in [0.25, 0.3) is 12.1 Å². The van der Waals surface area contributed by atoms with E-state index in [1.54, 1.807) is 38.1 Å². The van der Waals surface area contributed by atoms with Crippen LogP contribution >= 0.6 is 25.8 Å². The summed E-state index contributed by atoms with van der Waals surface area (Å²) in [6.07, 6.45) is -3.07. The summed E-state index contributed by atoms with van der Waals surface area (Å²) in [5, 5.41) is 8.22. The molecule has 5 aromatic rings. The smallest absolute Gasteiger partial charge is 0.382 e. The zero-order chi connectivity index (χ0) is 51.5. The Morgan fingerprint density at radius 3 is 2.26 bits per heavy atom. The van der Waals surface area contributed by atoms with Crippen molar-refractivity contribution in [1.82, 2.24) is 49.7 Å². The van der Waals surface area contributed by atoms with E-state index in [-0.39, 0.29) is 45.7 Å². The lowest BCUT2D eigenvalue weighted by Gasteiger charge is -2.28. The zero-order valence-corrected chi connectivity index (χ0v) is 42.1. The molecule has 72 heavy (non-hydrogen) atoms. The molecule has 0 radical (unpaired) electrons. The van der Waals surface area contributed by atoms with E-state index in [1.165, 1.54) is 17.8 Å². The predicted octanol–water partition coefficient (Wildman–Crippen LogP) is 4.98. The lowest BCUT2D eigenvalue weighted by molar-refractivity contribution is -0.131. The number of benzene rings is 1. The Bertz CT molecular complexity index is 2920. The quantitative estimate of drug-likeness (QED) is 0.0528. The van der Waals surface area contributed by atoms with Crippen LogP contribution in [-0.4, -0.2) is 123 Å². The highest BCUT2D eigenvalue weighted by atomic mass is 32.7. The molecule has 0 aliphatic carbocycles. The van der Waals surface area contributed by atoms with Gasteiger partial charge < -0.3 is 45.6 Å². The number of nitrogens with two attached hydrogens (primary N) is 1. The molecule has 3 amide bonds. The van der Waals surface area contributed by atoms with Crippen molar-refractivity contribution in [1.29, 1.82) is 0 Å². The minimum absolute atomic E-state index is 0.0103. The molecule has 12 atom stereocenters. The number of anilines is 2. The molecule has 3 aliphatic heterocycles.